The maximum absolute atomic E-state index is 12.2. The number of halogens is 2. The van der Waals surface area contributed by atoms with Gasteiger partial charge in [-0.3, -0.25) is 4.79 Å². The molecule has 1 amide bonds. The van der Waals surface area contributed by atoms with Gasteiger partial charge in [0.05, 0.1) is 23.9 Å². The number of carbonyl (C=O) groups excluding carboxylic acids is 1. The number of amides is 1. The lowest BCUT2D eigenvalue weighted by atomic mass is 10.3. The number of carbonyl (C=O) groups is 1. The summed E-state index contributed by atoms with van der Waals surface area (Å²) in [7, 11) is 0. The average molecular weight is 342 g/mol. The second-order valence-corrected chi connectivity index (χ2v) is 5.57. The molecule has 2 heterocycles. The van der Waals surface area contributed by atoms with Crippen LogP contribution in [0.15, 0.2) is 28.8 Å². The van der Waals surface area contributed by atoms with Gasteiger partial charge in [-0.15, -0.1) is 0 Å². The summed E-state index contributed by atoms with van der Waals surface area (Å²) in [4.78, 5) is 14.2. The highest BCUT2D eigenvalue weighted by molar-refractivity contribution is 6.36. The van der Waals surface area contributed by atoms with Crippen LogP contribution < -0.4 is 10.2 Å². The van der Waals surface area contributed by atoms with Gasteiger partial charge < -0.3 is 19.5 Å². The minimum absolute atomic E-state index is 0.188. The Morgan fingerprint density at radius 1 is 1.23 bits per heavy atom. The molecular weight excluding hydrogens is 329 g/mol. The predicted molar refractivity (Wildman–Crippen MR) is 84.0 cm³/mol. The minimum Gasteiger partial charge on any atom is -0.378 e. The first-order valence-corrected chi connectivity index (χ1v) is 7.45. The summed E-state index contributed by atoms with van der Waals surface area (Å²) in [6.45, 7) is 2.67. The molecule has 0 bridgehead atoms. The highest BCUT2D eigenvalue weighted by Crippen LogP contribution is 2.26. The summed E-state index contributed by atoms with van der Waals surface area (Å²) in [5, 5.41) is 7.33. The molecule has 1 aromatic carbocycles. The molecule has 1 aliphatic rings. The standard InChI is InChI=1S/C14H13Cl2N3O3/c15-9-1-2-11(10(16)7-9)17-14(20)12-8-13(22-18-12)19-3-5-21-6-4-19/h1-2,7-8H,3-6H2,(H,17,20). The van der Waals surface area contributed by atoms with Gasteiger partial charge in [0, 0.05) is 24.2 Å². The number of nitrogens with zero attached hydrogens (tertiary/aromatic N) is 2. The summed E-state index contributed by atoms with van der Waals surface area (Å²) >= 11 is 11.8. The van der Waals surface area contributed by atoms with Crippen molar-refractivity contribution in [3.05, 3.63) is 40.0 Å². The van der Waals surface area contributed by atoms with Crippen molar-refractivity contribution in [3.63, 3.8) is 0 Å². The van der Waals surface area contributed by atoms with E-state index in [9.17, 15) is 4.79 Å². The molecule has 8 heteroatoms. The van der Waals surface area contributed by atoms with E-state index in [2.05, 4.69) is 10.5 Å². The number of benzene rings is 1. The topological polar surface area (TPSA) is 67.6 Å². The number of ether oxygens (including phenoxy) is 1. The molecule has 0 aliphatic carbocycles. The fourth-order valence-corrected chi connectivity index (χ4v) is 2.54. The van der Waals surface area contributed by atoms with Crippen molar-refractivity contribution in [2.75, 3.05) is 36.5 Å². The zero-order chi connectivity index (χ0) is 15.5. The van der Waals surface area contributed by atoms with Gasteiger partial charge in [-0.25, -0.2) is 0 Å². The van der Waals surface area contributed by atoms with Crippen LogP contribution in [0, 0.1) is 0 Å². The number of rotatable bonds is 3. The Kier molecular flexibility index (Phi) is 4.52. The van der Waals surface area contributed by atoms with Crippen molar-refractivity contribution >= 4 is 40.7 Å². The Hall–Kier alpha value is -1.76. The molecule has 1 aliphatic heterocycles. The van der Waals surface area contributed by atoms with E-state index < -0.39 is 5.91 Å². The molecule has 6 nitrogen and oxygen atoms in total. The predicted octanol–water partition coefficient (Wildman–Crippen LogP) is 3.07. The molecule has 1 fully saturated rings. The van der Waals surface area contributed by atoms with Crippen molar-refractivity contribution in [2.24, 2.45) is 0 Å². The average Bonchev–Trinajstić information content (AvgIpc) is 3.01. The van der Waals surface area contributed by atoms with Gasteiger partial charge in [0.15, 0.2) is 5.69 Å². The molecule has 2 aromatic rings. The van der Waals surface area contributed by atoms with Gasteiger partial charge in [-0.1, -0.05) is 28.4 Å². The molecule has 1 N–H and O–H groups in total. The first kappa shape index (κ1) is 15.1. The monoisotopic (exact) mass is 341 g/mol. The zero-order valence-corrected chi connectivity index (χ0v) is 13.0. The van der Waals surface area contributed by atoms with Gasteiger partial charge in [0.2, 0.25) is 5.88 Å². The summed E-state index contributed by atoms with van der Waals surface area (Å²) < 4.78 is 10.5. The van der Waals surface area contributed by atoms with Crippen LogP contribution in [0.1, 0.15) is 10.5 Å². The van der Waals surface area contributed by atoms with Crippen molar-refractivity contribution < 1.29 is 14.1 Å². The fourth-order valence-electron chi connectivity index (χ4n) is 2.08. The van der Waals surface area contributed by atoms with E-state index >= 15 is 0 Å². The zero-order valence-electron chi connectivity index (χ0n) is 11.5. The SMILES string of the molecule is O=C(Nc1ccc(Cl)cc1Cl)c1cc(N2CCOCC2)on1. The van der Waals surface area contributed by atoms with Gasteiger partial charge in [0.25, 0.3) is 5.91 Å². The molecule has 116 valence electrons. The van der Waals surface area contributed by atoms with E-state index in [0.717, 1.165) is 0 Å². The van der Waals surface area contributed by atoms with Crippen LogP contribution >= 0.6 is 23.2 Å². The molecule has 22 heavy (non-hydrogen) atoms. The van der Waals surface area contributed by atoms with Crippen molar-refractivity contribution in [1.29, 1.82) is 0 Å². The molecule has 0 radical (unpaired) electrons. The lowest BCUT2D eigenvalue weighted by molar-refractivity contribution is 0.101. The van der Waals surface area contributed by atoms with Crippen LogP contribution in [0.4, 0.5) is 11.6 Å². The Morgan fingerprint density at radius 3 is 2.73 bits per heavy atom. The molecular formula is C14H13Cl2N3O3. The Bertz CT molecular complexity index is 684. The maximum Gasteiger partial charge on any atom is 0.277 e. The first-order chi connectivity index (χ1) is 10.6. The summed E-state index contributed by atoms with van der Waals surface area (Å²) in [5.74, 6) is 0.156. The summed E-state index contributed by atoms with van der Waals surface area (Å²) in [6, 6.07) is 6.43. The lowest BCUT2D eigenvalue weighted by Gasteiger charge is -2.25. The number of hydrogen-bond acceptors (Lipinski definition) is 5. The van der Waals surface area contributed by atoms with E-state index in [0.29, 0.717) is 47.9 Å². The smallest absolute Gasteiger partial charge is 0.277 e. The Balaban J connectivity index is 1.71. The minimum atomic E-state index is -0.396. The Labute approximate surface area is 136 Å². The third kappa shape index (κ3) is 3.35. The largest absolute Gasteiger partial charge is 0.378 e. The fraction of sp³-hybridized carbons (Fsp3) is 0.286. The van der Waals surface area contributed by atoms with Gasteiger partial charge >= 0.3 is 0 Å². The highest BCUT2D eigenvalue weighted by atomic mass is 35.5. The second-order valence-electron chi connectivity index (χ2n) is 4.73. The summed E-state index contributed by atoms with van der Waals surface area (Å²) in [5.41, 5.74) is 0.652. The molecule has 1 aromatic heterocycles. The first-order valence-electron chi connectivity index (χ1n) is 6.69. The van der Waals surface area contributed by atoms with Gasteiger partial charge in [-0.2, -0.15) is 0 Å². The van der Waals surface area contributed by atoms with Crippen molar-refractivity contribution in [3.8, 4) is 0 Å². The van der Waals surface area contributed by atoms with Crippen molar-refractivity contribution in [2.45, 2.75) is 0 Å². The summed E-state index contributed by atoms with van der Waals surface area (Å²) in [6.07, 6.45) is 0. The molecule has 0 unspecified atom stereocenters. The third-order valence-corrected chi connectivity index (χ3v) is 3.78. The van der Waals surface area contributed by atoms with E-state index in [-0.39, 0.29) is 5.69 Å². The number of hydrogen-bond donors (Lipinski definition) is 1. The van der Waals surface area contributed by atoms with Crippen LogP contribution in [0.5, 0.6) is 0 Å². The van der Waals surface area contributed by atoms with E-state index in [1.54, 1.807) is 24.3 Å². The number of morpholine rings is 1. The van der Waals surface area contributed by atoms with Gasteiger partial charge in [-0.05, 0) is 18.2 Å². The van der Waals surface area contributed by atoms with Gasteiger partial charge in [0.1, 0.15) is 0 Å². The van der Waals surface area contributed by atoms with E-state index in [1.165, 1.54) is 0 Å². The van der Waals surface area contributed by atoms with Crippen LogP contribution in [-0.4, -0.2) is 37.4 Å². The normalized spacial score (nSPS) is 14.9. The molecule has 3 rings (SSSR count). The second kappa shape index (κ2) is 6.56. The number of aromatic nitrogens is 1. The number of anilines is 2. The molecule has 1 saturated heterocycles. The quantitative estimate of drug-likeness (QED) is 0.929. The molecule has 0 atom stereocenters. The highest BCUT2D eigenvalue weighted by Gasteiger charge is 2.19. The van der Waals surface area contributed by atoms with Crippen LogP contribution in [0.2, 0.25) is 10.0 Å². The van der Waals surface area contributed by atoms with E-state index in [1.807, 2.05) is 4.90 Å². The van der Waals surface area contributed by atoms with Crippen molar-refractivity contribution in [1.82, 2.24) is 5.16 Å². The van der Waals surface area contributed by atoms with Crippen LogP contribution in [0.3, 0.4) is 0 Å². The van der Waals surface area contributed by atoms with E-state index in [4.69, 9.17) is 32.5 Å². The maximum atomic E-state index is 12.2. The van der Waals surface area contributed by atoms with Crippen LogP contribution in [0.25, 0.3) is 0 Å². The molecule has 0 saturated carbocycles. The lowest BCUT2D eigenvalue weighted by Crippen LogP contribution is -2.35. The number of nitrogens with one attached hydrogen (secondary N) is 1. The Morgan fingerprint density at radius 2 is 2.00 bits per heavy atom. The molecule has 0 spiro atoms. The van der Waals surface area contributed by atoms with Crippen LogP contribution in [-0.2, 0) is 4.74 Å². The third-order valence-electron chi connectivity index (χ3n) is 3.23.